The minimum atomic E-state index is -0.0938. The first-order chi connectivity index (χ1) is 11.1. The first-order valence-electron chi connectivity index (χ1n) is 8.51. The van der Waals surface area contributed by atoms with Crippen molar-refractivity contribution in [1.29, 1.82) is 0 Å². The zero-order valence-corrected chi connectivity index (χ0v) is 14.1. The molecule has 2 N–H and O–H groups in total. The number of aliphatic imine (C=N–C) groups is 1. The van der Waals surface area contributed by atoms with Gasteiger partial charge in [-0.15, -0.1) is 0 Å². The van der Waals surface area contributed by atoms with E-state index in [1.54, 1.807) is 19.2 Å². The van der Waals surface area contributed by atoms with Crippen LogP contribution in [0.2, 0.25) is 0 Å². The summed E-state index contributed by atoms with van der Waals surface area (Å²) in [6.45, 7) is 3.99. The summed E-state index contributed by atoms with van der Waals surface area (Å²) in [7, 11) is 3.96. The summed E-state index contributed by atoms with van der Waals surface area (Å²) < 4.78 is 14.0. The molecule has 5 heteroatoms. The molecule has 0 bridgehead atoms. The molecule has 0 radical (unpaired) electrons. The third-order valence-corrected chi connectivity index (χ3v) is 5.16. The molecule has 1 unspecified atom stereocenters. The Labute approximate surface area is 138 Å². The van der Waals surface area contributed by atoms with E-state index in [0.717, 1.165) is 44.0 Å². The minimum Gasteiger partial charge on any atom is -0.356 e. The zero-order valence-electron chi connectivity index (χ0n) is 14.1. The molecule has 2 aliphatic rings. The van der Waals surface area contributed by atoms with Crippen molar-refractivity contribution in [3.8, 4) is 0 Å². The topological polar surface area (TPSA) is 39.7 Å². The maximum atomic E-state index is 14.0. The first kappa shape index (κ1) is 16.2. The van der Waals surface area contributed by atoms with E-state index >= 15 is 0 Å². The normalized spacial score (nSPS) is 23.8. The molecule has 3 rings (SSSR count). The summed E-state index contributed by atoms with van der Waals surface area (Å²) in [6.07, 6.45) is 3.30. The van der Waals surface area contributed by atoms with Crippen molar-refractivity contribution in [3.63, 3.8) is 0 Å². The summed E-state index contributed by atoms with van der Waals surface area (Å²) in [6, 6.07) is 7.14. The largest absolute Gasteiger partial charge is 0.356 e. The highest BCUT2D eigenvalue weighted by Gasteiger charge is 2.45. The number of benzene rings is 1. The molecule has 0 aromatic heterocycles. The smallest absolute Gasteiger partial charge is 0.191 e. The Morgan fingerprint density at radius 2 is 2.13 bits per heavy atom. The van der Waals surface area contributed by atoms with Gasteiger partial charge < -0.3 is 15.5 Å². The molecule has 0 spiro atoms. The number of nitrogens with zero attached hydrogens (tertiary/aromatic N) is 2. The third kappa shape index (κ3) is 3.83. The van der Waals surface area contributed by atoms with E-state index in [9.17, 15) is 4.39 Å². The lowest BCUT2D eigenvalue weighted by Gasteiger charge is -2.20. The second-order valence-corrected chi connectivity index (χ2v) is 6.98. The molecule has 1 saturated heterocycles. The van der Waals surface area contributed by atoms with Crippen molar-refractivity contribution >= 4 is 5.96 Å². The van der Waals surface area contributed by atoms with E-state index < -0.39 is 0 Å². The molecule has 4 nitrogen and oxygen atoms in total. The van der Waals surface area contributed by atoms with Gasteiger partial charge in [-0.1, -0.05) is 18.2 Å². The van der Waals surface area contributed by atoms with Crippen LogP contribution in [0.25, 0.3) is 0 Å². The van der Waals surface area contributed by atoms with Crippen molar-refractivity contribution in [1.82, 2.24) is 15.5 Å². The van der Waals surface area contributed by atoms with E-state index in [2.05, 4.69) is 27.6 Å². The summed E-state index contributed by atoms with van der Waals surface area (Å²) in [5.74, 6) is 1.41. The Kier molecular flexibility index (Phi) is 4.85. The average Bonchev–Trinajstić information content (AvgIpc) is 3.22. The monoisotopic (exact) mass is 318 g/mol. The highest BCUT2D eigenvalue weighted by molar-refractivity contribution is 5.79. The maximum absolute atomic E-state index is 14.0. The van der Waals surface area contributed by atoms with E-state index in [1.807, 2.05) is 12.1 Å². The van der Waals surface area contributed by atoms with Crippen LogP contribution in [0.3, 0.4) is 0 Å². The molecule has 1 atom stereocenters. The van der Waals surface area contributed by atoms with Crippen LogP contribution in [0.1, 0.15) is 24.8 Å². The number of halogens is 1. The summed E-state index contributed by atoms with van der Waals surface area (Å²) >= 11 is 0. The lowest BCUT2D eigenvalue weighted by atomic mass is 9.95. The van der Waals surface area contributed by atoms with Gasteiger partial charge in [-0.05, 0) is 50.4 Å². The van der Waals surface area contributed by atoms with Gasteiger partial charge in [-0.25, -0.2) is 4.39 Å². The SMILES string of the molecule is CN=C(NCC1CCN(C)C1)NCC1(c2ccccc2F)CC1. The molecule has 2 fully saturated rings. The van der Waals surface area contributed by atoms with Gasteiger partial charge in [0.1, 0.15) is 5.82 Å². The van der Waals surface area contributed by atoms with Crippen LogP contribution in [0.4, 0.5) is 4.39 Å². The van der Waals surface area contributed by atoms with Crippen LogP contribution in [-0.4, -0.2) is 51.1 Å². The fourth-order valence-electron chi connectivity index (χ4n) is 3.49. The summed E-state index contributed by atoms with van der Waals surface area (Å²) in [5, 5.41) is 6.81. The van der Waals surface area contributed by atoms with Gasteiger partial charge in [0, 0.05) is 32.1 Å². The number of guanidine groups is 1. The van der Waals surface area contributed by atoms with Crippen molar-refractivity contribution in [2.45, 2.75) is 24.7 Å². The predicted molar refractivity (Wildman–Crippen MR) is 92.3 cm³/mol. The Hall–Kier alpha value is -1.62. The standard InChI is InChI=1S/C18H27FN4/c1-20-17(21-11-14-7-10-23(2)12-14)22-13-18(8-9-18)15-5-3-4-6-16(15)19/h3-6,14H,7-13H2,1-2H3,(H2,20,21,22). The third-order valence-electron chi connectivity index (χ3n) is 5.16. The molecule has 1 aliphatic heterocycles. The Morgan fingerprint density at radius 3 is 2.74 bits per heavy atom. The van der Waals surface area contributed by atoms with Gasteiger partial charge in [0.15, 0.2) is 5.96 Å². The molecule has 23 heavy (non-hydrogen) atoms. The van der Waals surface area contributed by atoms with Gasteiger partial charge in [0.25, 0.3) is 0 Å². The highest BCUT2D eigenvalue weighted by Crippen LogP contribution is 2.48. The maximum Gasteiger partial charge on any atom is 0.191 e. The lowest BCUT2D eigenvalue weighted by Crippen LogP contribution is -2.43. The van der Waals surface area contributed by atoms with Gasteiger partial charge >= 0.3 is 0 Å². The molecule has 1 aromatic carbocycles. The van der Waals surface area contributed by atoms with Gasteiger partial charge in [0.2, 0.25) is 0 Å². The molecule has 1 aliphatic carbocycles. The minimum absolute atomic E-state index is 0.0590. The fraction of sp³-hybridized carbons (Fsp3) is 0.611. The number of hydrogen-bond acceptors (Lipinski definition) is 2. The van der Waals surface area contributed by atoms with E-state index in [-0.39, 0.29) is 11.2 Å². The summed E-state index contributed by atoms with van der Waals surface area (Å²) in [5.41, 5.74) is 0.775. The van der Waals surface area contributed by atoms with Crippen LogP contribution in [0, 0.1) is 11.7 Å². The molecular weight excluding hydrogens is 291 g/mol. The second-order valence-electron chi connectivity index (χ2n) is 6.98. The summed E-state index contributed by atoms with van der Waals surface area (Å²) in [4.78, 5) is 6.66. The van der Waals surface area contributed by atoms with E-state index in [1.165, 1.54) is 13.0 Å². The number of likely N-dealkylation sites (tertiary alicyclic amines) is 1. The predicted octanol–water partition coefficient (Wildman–Crippen LogP) is 1.97. The van der Waals surface area contributed by atoms with Gasteiger partial charge in [-0.3, -0.25) is 4.99 Å². The van der Waals surface area contributed by atoms with Crippen molar-refractivity contribution in [2.24, 2.45) is 10.9 Å². The van der Waals surface area contributed by atoms with Crippen LogP contribution in [0.5, 0.6) is 0 Å². The number of rotatable bonds is 5. The Balaban J connectivity index is 1.51. The Morgan fingerprint density at radius 1 is 1.35 bits per heavy atom. The average molecular weight is 318 g/mol. The fourth-order valence-corrected chi connectivity index (χ4v) is 3.49. The van der Waals surface area contributed by atoms with Crippen molar-refractivity contribution in [3.05, 3.63) is 35.6 Å². The molecule has 126 valence electrons. The van der Waals surface area contributed by atoms with Crippen LogP contribution >= 0.6 is 0 Å². The van der Waals surface area contributed by atoms with Gasteiger partial charge in [-0.2, -0.15) is 0 Å². The van der Waals surface area contributed by atoms with Crippen LogP contribution < -0.4 is 10.6 Å². The number of nitrogens with one attached hydrogen (secondary N) is 2. The van der Waals surface area contributed by atoms with E-state index in [0.29, 0.717) is 5.92 Å². The van der Waals surface area contributed by atoms with Crippen molar-refractivity contribution < 1.29 is 4.39 Å². The highest BCUT2D eigenvalue weighted by atomic mass is 19.1. The molecule has 1 aromatic rings. The molecule has 1 heterocycles. The quantitative estimate of drug-likeness (QED) is 0.644. The molecule has 0 amide bonds. The van der Waals surface area contributed by atoms with E-state index in [4.69, 9.17) is 0 Å². The second kappa shape index (κ2) is 6.87. The lowest BCUT2D eigenvalue weighted by molar-refractivity contribution is 0.393. The Bertz CT molecular complexity index is 568. The zero-order chi connectivity index (χ0) is 16.3. The molecular formula is C18H27FN4. The van der Waals surface area contributed by atoms with Crippen molar-refractivity contribution in [2.75, 3.05) is 40.3 Å². The first-order valence-corrected chi connectivity index (χ1v) is 8.51. The number of hydrogen-bond donors (Lipinski definition) is 2. The molecule has 1 saturated carbocycles. The van der Waals surface area contributed by atoms with Crippen LogP contribution in [0.15, 0.2) is 29.3 Å². The van der Waals surface area contributed by atoms with Crippen LogP contribution in [-0.2, 0) is 5.41 Å². The van der Waals surface area contributed by atoms with Gasteiger partial charge in [0.05, 0.1) is 0 Å².